The highest BCUT2D eigenvalue weighted by molar-refractivity contribution is 6.14. The third-order valence-corrected chi connectivity index (χ3v) is 11.7. The van der Waals surface area contributed by atoms with E-state index in [0.29, 0.717) is 17.4 Å². The average molecular weight is 781 g/mol. The second kappa shape index (κ2) is 13.1. The zero-order valence-electron chi connectivity index (χ0n) is 34.6. The Kier molecular flexibility index (Phi) is 7.85. The molecule has 4 heterocycles. The van der Waals surface area contributed by atoms with Crippen LogP contribution in [-0.4, -0.2) is 28.7 Å². The second-order valence-electron chi connectivity index (χ2n) is 17.8. The normalized spacial score (nSPS) is 12.5. The maximum Gasteiger partial charge on any atom is 0.325 e. The van der Waals surface area contributed by atoms with Crippen molar-refractivity contribution in [1.82, 2.24) is 28.7 Å². The first-order valence-electron chi connectivity index (χ1n) is 20.6. The molecule has 11 rings (SSSR count). The fraction of sp³-hybridized carbons (Fsp3) is 0.151. The number of aromatic nitrogens is 6. The van der Waals surface area contributed by atoms with Gasteiger partial charge in [-0.3, -0.25) is 0 Å². The van der Waals surface area contributed by atoms with Crippen LogP contribution in [0.2, 0.25) is 0 Å². The molecule has 0 amide bonds. The smallest absolute Gasteiger partial charge is 0.325 e. The van der Waals surface area contributed by atoms with Crippen molar-refractivity contribution in [2.45, 2.75) is 52.4 Å². The molecule has 0 saturated heterocycles. The number of benzene rings is 7. The highest BCUT2D eigenvalue weighted by Gasteiger charge is 2.27. The molecule has 0 bridgehead atoms. The fourth-order valence-electron chi connectivity index (χ4n) is 8.84. The lowest BCUT2D eigenvalue weighted by atomic mass is 9.93. The lowest BCUT2D eigenvalue weighted by Gasteiger charge is -2.22. The minimum atomic E-state index is -0.296. The Labute approximate surface area is 348 Å². The molecule has 4 aromatic heterocycles. The molecule has 7 heteroatoms. The van der Waals surface area contributed by atoms with Crippen LogP contribution in [0.3, 0.4) is 0 Å². The predicted molar refractivity (Wildman–Crippen MR) is 247 cm³/mol. The van der Waals surface area contributed by atoms with Gasteiger partial charge in [-0.2, -0.15) is 9.97 Å². The lowest BCUT2D eigenvalue weighted by molar-refractivity contribution is 0.405. The standard InChI is InChI=1S/C53H44N6O/c1-52(2,3)49-54-50(53(4,5)6)56-51(55-49)60-48-26-16-15-25-47(48)59-45-29-27-33(57-41-21-11-7-17-35(41)36-18-8-12-22-42(36)57)31-39(45)40-32-34(28-30-46(40)59)58-43-23-13-9-19-37(43)38-20-10-14-24-44(38)58/h7-32H,1-6H3. The van der Waals surface area contributed by atoms with Gasteiger partial charge in [-0.1, -0.05) is 126 Å². The van der Waals surface area contributed by atoms with E-state index < -0.39 is 0 Å². The maximum absolute atomic E-state index is 6.77. The highest BCUT2D eigenvalue weighted by atomic mass is 16.5. The van der Waals surface area contributed by atoms with Crippen molar-refractivity contribution in [1.29, 1.82) is 0 Å². The van der Waals surface area contributed by atoms with Gasteiger partial charge in [0.05, 0.1) is 38.8 Å². The molecule has 0 aliphatic rings. The zero-order valence-corrected chi connectivity index (χ0v) is 34.6. The summed E-state index contributed by atoms with van der Waals surface area (Å²) in [6, 6.07) is 56.9. The Bertz CT molecular complexity index is 3190. The van der Waals surface area contributed by atoms with Crippen molar-refractivity contribution in [3.63, 3.8) is 0 Å². The summed E-state index contributed by atoms with van der Waals surface area (Å²) in [5, 5.41) is 7.20. The van der Waals surface area contributed by atoms with Crippen LogP contribution in [0.5, 0.6) is 11.8 Å². The van der Waals surface area contributed by atoms with Crippen molar-refractivity contribution >= 4 is 65.4 Å². The van der Waals surface area contributed by atoms with Gasteiger partial charge in [-0.05, 0) is 72.8 Å². The summed E-state index contributed by atoms with van der Waals surface area (Å²) in [5.41, 5.74) is 9.31. The minimum absolute atomic E-state index is 0.287. The Morgan fingerprint density at radius 2 is 0.733 bits per heavy atom. The van der Waals surface area contributed by atoms with Crippen molar-refractivity contribution in [2.24, 2.45) is 0 Å². The van der Waals surface area contributed by atoms with Crippen LogP contribution in [0.1, 0.15) is 53.2 Å². The molecule has 0 N–H and O–H groups in total. The fourth-order valence-corrected chi connectivity index (χ4v) is 8.84. The molecular weight excluding hydrogens is 737 g/mol. The molecule has 60 heavy (non-hydrogen) atoms. The number of hydrogen-bond donors (Lipinski definition) is 0. The number of nitrogens with zero attached hydrogens (tertiary/aromatic N) is 6. The van der Waals surface area contributed by atoms with E-state index in [-0.39, 0.29) is 16.8 Å². The number of fused-ring (bicyclic) bond motifs is 9. The predicted octanol–water partition coefficient (Wildman–Crippen LogP) is 13.6. The van der Waals surface area contributed by atoms with Gasteiger partial charge in [0.25, 0.3) is 0 Å². The molecule has 0 aliphatic heterocycles. The first-order valence-corrected chi connectivity index (χ1v) is 20.6. The van der Waals surface area contributed by atoms with Gasteiger partial charge in [-0.15, -0.1) is 0 Å². The van der Waals surface area contributed by atoms with Crippen LogP contribution in [0.4, 0.5) is 0 Å². The number of hydrogen-bond acceptors (Lipinski definition) is 4. The number of para-hydroxylation sites is 6. The summed E-state index contributed by atoms with van der Waals surface area (Å²) < 4.78 is 13.9. The minimum Gasteiger partial charge on any atom is -0.422 e. The van der Waals surface area contributed by atoms with E-state index in [1.807, 2.05) is 12.1 Å². The van der Waals surface area contributed by atoms with Crippen molar-refractivity contribution in [3.8, 4) is 28.8 Å². The molecule has 0 atom stereocenters. The molecule has 292 valence electrons. The SMILES string of the molecule is CC(C)(C)c1nc(Oc2ccccc2-n2c3ccc(-n4c5ccccc5c5ccccc54)cc3c3cc(-n4c5ccccc5c5ccccc54)ccc32)nc(C(C)(C)C)n1. The van der Waals surface area contributed by atoms with Gasteiger partial charge in [0.15, 0.2) is 5.75 Å². The Hall–Kier alpha value is -7.25. The quantitative estimate of drug-likeness (QED) is 0.174. The molecule has 0 aliphatic carbocycles. The van der Waals surface area contributed by atoms with Crippen molar-refractivity contribution in [3.05, 3.63) is 169 Å². The van der Waals surface area contributed by atoms with Gasteiger partial charge in [0.1, 0.15) is 11.6 Å². The van der Waals surface area contributed by atoms with E-state index in [9.17, 15) is 0 Å². The average Bonchev–Trinajstić information content (AvgIpc) is 3.88. The molecule has 7 nitrogen and oxygen atoms in total. The third kappa shape index (κ3) is 5.60. The molecule has 11 aromatic rings. The molecule has 0 fully saturated rings. The summed E-state index contributed by atoms with van der Waals surface area (Å²) in [4.78, 5) is 14.7. The Morgan fingerprint density at radius 3 is 1.15 bits per heavy atom. The van der Waals surface area contributed by atoms with Crippen LogP contribution in [0, 0.1) is 0 Å². The van der Waals surface area contributed by atoms with E-state index >= 15 is 0 Å². The molecule has 0 unspecified atom stereocenters. The van der Waals surface area contributed by atoms with Crippen LogP contribution in [0.15, 0.2) is 158 Å². The van der Waals surface area contributed by atoms with Gasteiger partial charge < -0.3 is 18.4 Å². The van der Waals surface area contributed by atoms with Gasteiger partial charge >= 0.3 is 6.01 Å². The highest BCUT2D eigenvalue weighted by Crippen LogP contribution is 2.41. The third-order valence-electron chi connectivity index (χ3n) is 11.7. The Morgan fingerprint density at radius 1 is 0.367 bits per heavy atom. The lowest BCUT2D eigenvalue weighted by Crippen LogP contribution is -2.23. The first kappa shape index (κ1) is 35.9. The van der Waals surface area contributed by atoms with E-state index in [2.05, 4.69) is 201 Å². The van der Waals surface area contributed by atoms with Gasteiger partial charge in [0.2, 0.25) is 0 Å². The van der Waals surface area contributed by atoms with Crippen LogP contribution in [0.25, 0.3) is 82.5 Å². The van der Waals surface area contributed by atoms with Crippen molar-refractivity contribution < 1.29 is 4.74 Å². The zero-order chi connectivity index (χ0) is 40.9. The van der Waals surface area contributed by atoms with Gasteiger partial charge in [0, 0.05) is 54.5 Å². The summed E-state index contributed by atoms with van der Waals surface area (Å²) >= 11 is 0. The summed E-state index contributed by atoms with van der Waals surface area (Å²) in [6.45, 7) is 12.7. The van der Waals surface area contributed by atoms with E-state index in [4.69, 9.17) is 19.7 Å². The topological polar surface area (TPSA) is 62.7 Å². The Balaban J connectivity index is 1.17. The second-order valence-corrected chi connectivity index (χ2v) is 17.8. The molecule has 7 aromatic carbocycles. The molecular formula is C53H44N6O. The maximum atomic E-state index is 6.77. The summed E-state index contributed by atoms with van der Waals surface area (Å²) in [6.07, 6.45) is 0. The van der Waals surface area contributed by atoms with E-state index in [0.717, 1.165) is 38.9 Å². The number of rotatable bonds is 5. The van der Waals surface area contributed by atoms with E-state index in [1.165, 1.54) is 43.6 Å². The van der Waals surface area contributed by atoms with Crippen LogP contribution < -0.4 is 4.74 Å². The summed E-state index contributed by atoms with van der Waals surface area (Å²) in [5.74, 6) is 2.05. The van der Waals surface area contributed by atoms with Crippen LogP contribution >= 0.6 is 0 Å². The monoisotopic (exact) mass is 780 g/mol. The molecule has 0 radical (unpaired) electrons. The molecule has 0 saturated carbocycles. The largest absolute Gasteiger partial charge is 0.422 e. The van der Waals surface area contributed by atoms with Crippen LogP contribution in [-0.2, 0) is 10.8 Å². The first-order chi connectivity index (χ1) is 29.0. The van der Waals surface area contributed by atoms with Crippen molar-refractivity contribution in [2.75, 3.05) is 0 Å². The molecule has 0 spiro atoms. The van der Waals surface area contributed by atoms with Gasteiger partial charge in [-0.25, -0.2) is 4.98 Å². The summed E-state index contributed by atoms with van der Waals surface area (Å²) in [7, 11) is 0. The van der Waals surface area contributed by atoms with E-state index in [1.54, 1.807) is 0 Å². The number of ether oxygens (including phenoxy) is 1.